The Morgan fingerprint density at radius 1 is 1.38 bits per heavy atom. The Labute approximate surface area is 140 Å². The number of likely N-dealkylation sites (tertiary alicyclic amines) is 1. The first-order chi connectivity index (χ1) is 11.6. The number of primary amides is 1. The molecule has 0 bridgehead atoms. The van der Waals surface area contributed by atoms with Crippen LogP contribution in [0.25, 0.3) is 11.0 Å². The lowest BCUT2D eigenvalue weighted by Gasteiger charge is -2.31. The fraction of sp³-hybridized carbons (Fsp3) is 0.444. The number of carbonyl (C=O) groups excluding carboxylic acids is 2. The molecule has 0 radical (unpaired) electrons. The number of para-hydroxylation sites is 1. The van der Waals surface area contributed by atoms with E-state index in [1.54, 1.807) is 6.92 Å². The summed E-state index contributed by atoms with van der Waals surface area (Å²) >= 11 is 0. The molecule has 1 saturated heterocycles. The molecule has 1 amide bonds. The summed E-state index contributed by atoms with van der Waals surface area (Å²) in [6.45, 7) is 4.07. The van der Waals surface area contributed by atoms with Gasteiger partial charge in [0.25, 0.3) is 0 Å². The number of nitrogens with zero attached hydrogens (tertiary/aromatic N) is 1. The Kier molecular flexibility index (Phi) is 4.85. The molecule has 6 nitrogen and oxygen atoms in total. The predicted octanol–water partition coefficient (Wildman–Crippen LogP) is 2.31. The van der Waals surface area contributed by atoms with E-state index in [1.807, 2.05) is 24.3 Å². The van der Waals surface area contributed by atoms with Gasteiger partial charge >= 0.3 is 5.97 Å². The Morgan fingerprint density at radius 3 is 2.92 bits per heavy atom. The van der Waals surface area contributed by atoms with Crippen LogP contribution < -0.4 is 5.73 Å². The number of nitrogens with two attached hydrogens (primary N) is 1. The summed E-state index contributed by atoms with van der Waals surface area (Å²) in [5.74, 6) is -0.600. The minimum absolute atomic E-state index is 0.136. The van der Waals surface area contributed by atoms with Gasteiger partial charge in [-0.2, -0.15) is 0 Å². The Hall–Kier alpha value is -2.34. The van der Waals surface area contributed by atoms with Crippen LogP contribution in [0.1, 0.15) is 35.9 Å². The molecule has 0 saturated carbocycles. The monoisotopic (exact) mass is 330 g/mol. The van der Waals surface area contributed by atoms with Crippen LogP contribution >= 0.6 is 0 Å². The van der Waals surface area contributed by atoms with E-state index < -0.39 is 5.97 Å². The van der Waals surface area contributed by atoms with Crippen LogP contribution in [0.3, 0.4) is 0 Å². The van der Waals surface area contributed by atoms with E-state index in [1.165, 1.54) is 0 Å². The fourth-order valence-corrected chi connectivity index (χ4v) is 3.27. The number of rotatable bonds is 5. The van der Waals surface area contributed by atoms with E-state index in [9.17, 15) is 9.59 Å². The van der Waals surface area contributed by atoms with E-state index in [-0.39, 0.29) is 17.6 Å². The molecule has 0 unspecified atom stereocenters. The molecule has 1 fully saturated rings. The molecular formula is C18H22N2O4. The number of esters is 1. The fourth-order valence-electron chi connectivity index (χ4n) is 3.27. The van der Waals surface area contributed by atoms with Crippen LogP contribution in [0.4, 0.5) is 0 Å². The zero-order valence-corrected chi connectivity index (χ0v) is 13.8. The van der Waals surface area contributed by atoms with Gasteiger partial charge in [-0.05, 0) is 32.4 Å². The highest BCUT2D eigenvalue weighted by molar-refractivity contribution is 5.96. The number of benzene rings is 1. The van der Waals surface area contributed by atoms with E-state index in [0.29, 0.717) is 25.3 Å². The number of piperidine rings is 1. The molecule has 0 spiro atoms. The van der Waals surface area contributed by atoms with Gasteiger partial charge in [0.2, 0.25) is 11.7 Å². The molecule has 1 aliphatic heterocycles. The lowest BCUT2D eigenvalue weighted by atomic mass is 9.97. The second kappa shape index (κ2) is 7.05. The Bertz CT molecular complexity index is 753. The van der Waals surface area contributed by atoms with Crippen LogP contribution in [0, 0.1) is 5.92 Å². The van der Waals surface area contributed by atoms with Gasteiger partial charge in [0.05, 0.1) is 12.5 Å². The summed E-state index contributed by atoms with van der Waals surface area (Å²) in [5.41, 5.74) is 6.93. The Morgan fingerprint density at radius 2 is 2.17 bits per heavy atom. The number of ether oxygens (including phenoxy) is 1. The highest BCUT2D eigenvalue weighted by Crippen LogP contribution is 2.29. The van der Waals surface area contributed by atoms with Gasteiger partial charge < -0.3 is 14.9 Å². The van der Waals surface area contributed by atoms with Crippen molar-refractivity contribution in [2.45, 2.75) is 26.3 Å². The third-order valence-corrected chi connectivity index (χ3v) is 4.45. The first-order valence-electron chi connectivity index (χ1n) is 8.29. The maximum atomic E-state index is 12.2. The highest BCUT2D eigenvalue weighted by Gasteiger charge is 2.28. The summed E-state index contributed by atoms with van der Waals surface area (Å²) in [7, 11) is 0. The summed E-state index contributed by atoms with van der Waals surface area (Å²) < 4.78 is 10.9. The van der Waals surface area contributed by atoms with Crippen molar-refractivity contribution in [1.82, 2.24) is 4.90 Å². The highest BCUT2D eigenvalue weighted by atomic mass is 16.5. The number of amides is 1. The average molecular weight is 330 g/mol. The molecule has 1 aliphatic rings. The van der Waals surface area contributed by atoms with Crippen molar-refractivity contribution in [3.05, 3.63) is 35.6 Å². The van der Waals surface area contributed by atoms with Crippen LogP contribution in [-0.2, 0) is 16.1 Å². The molecule has 3 rings (SSSR count). The number of hydrogen-bond donors (Lipinski definition) is 1. The number of carbonyl (C=O) groups is 2. The second-order valence-corrected chi connectivity index (χ2v) is 6.10. The van der Waals surface area contributed by atoms with E-state index in [0.717, 1.165) is 30.3 Å². The van der Waals surface area contributed by atoms with Crippen molar-refractivity contribution >= 4 is 22.8 Å². The number of hydrogen-bond acceptors (Lipinski definition) is 5. The van der Waals surface area contributed by atoms with Crippen molar-refractivity contribution in [3.63, 3.8) is 0 Å². The Balaban J connectivity index is 1.91. The van der Waals surface area contributed by atoms with Gasteiger partial charge in [0, 0.05) is 24.0 Å². The molecule has 6 heteroatoms. The summed E-state index contributed by atoms with van der Waals surface area (Å²) in [5, 5.41) is 0.904. The predicted molar refractivity (Wildman–Crippen MR) is 89.4 cm³/mol. The zero-order valence-electron chi connectivity index (χ0n) is 13.8. The molecular weight excluding hydrogens is 308 g/mol. The van der Waals surface area contributed by atoms with Crippen molar-refractivity contribution in [1.29, 1.82) is 0 Å². The van der Waals surface area contributed by atoms with E-state index in [4.69, 9.17) is 14.9 Å². The first kappa shape index (κ1) is 16.5. The largest absolute Gasteiger partial charge is 0.460 e. The lowest BCUT2D eigenvalue weighted by Crippen LogP contribution is -2.40. The summed E-state index contributed by atoms with van der Waals surface area (Å²) in [6.07, 6.45) is 1.74. The quantitative estimate of drug-likeness (QED) is 0.850. The maximum Gasteiger partial charge on any atom is 0.374 e. The third-order valence-electron chi connectivity index (χ3n) is 4.45. The van der Waals surface area contributed by atoms with E-state index >= 15 is 0 Å². The summed E-state index contributed by atoms with van der Waals surface area (Å²) in [6, 6.07) is 7.56. The summed E-state index contributed by atoms with van der Waals surface area (Å²) in [4.78, 5) is 25.9. The molecule has 2 aromatic rings. The molecule has 1 aromatic carbocycles. The standard InChI is InChI=1S/C18H22N2O4/c1-2-23-18(22)16-14(13-7-3-4-8-15(13)24-16)11-20-9-5-6-12(10-20)17(19)21/h3-4,7-8,12H,2,5-6,9-11H2,1H3,(H2,19,21)/t12-/m0/s1. The van der Waals surface area contributed by atoms with Crippen LogP contribution in [-0.4, -0.2) is 36.5 Å². The van der Waals surface area contributed by atoms with Gasteiger partial charge in [-0.15, -0.1) is 0 Å². The van der Waals surface area contributed by atoms with Crippen molar-refractivity contribution in [2.24, 2.45) is 11.7 Å². The lowest BCUT2D eigenvalue weighted by molar-refractivity contribution is -0.123. The smallest absolute Gasteiger partial charge is 0.374 e. The van der Waals surface area contributed by atoms with Gasteiger partial charge in [0.15, 0.2) is 0 Å². The molecule has 2 N–H and O–H groups in total. The van der Waals surface area contributed by atoms with Crippen LogP contribution in [0.2, 0.25) is 0 Å². The third kappa shape index (κ3) is 3.28. The van der Waals surface area contributed by atoms with Crippen LogP contribution in [0.5, 0.6) is 0 Å². The van der Waals surface area contributed by atoms with Gasteiger partial charge in [0.1, 0.15) is 5.58 Å². The molecule has 1 atom stereocenters. The molecule has 24 heavy (non-hydrogen) atoms. The molecule has 0 aliphatic carbocycles. The van der Waals surface area contributed by atoms with Crippen LogP contribution in [0.15, 0.2) is 28.7 Å². The maximum absolute atomic E-state index is 12.2. The average Bonchev–Trinajstić information content (AvgIpc) is 2.94. The molecule has 1 aromatic heterocycles. The van der Waals surface area contributed by atoms with E-state index in [2.05, 4.69) is 4.90 Å². The second-order valence-electron chi connectivity index (χ2n) is 6.10. The number of furan rings is 1. The van der Waals surface area contributed by atoms with Gasteiger partial charge in [-0.1, -0.05) is 18.2 Å². The minimum atomic E-state index is -0.452. The molecule has 128 valence electrons. The minimum Gasteiger partial charge on any atom is -0.460 e. The topological polar surface area (TPSA) is 85.8 Å². The molecule has 2 heterocycles. The van der Waals surface area contributed by atoms with Crippen molar-refractivity contribution in [2.75, 3.05) is 19.7 Å². The number of fused-ring (bicyclic) bond motifs is 1. The normalized spacial score (nSPS) is 18.6. The zero-order chi connectivity index (χ0) is 17.1. The first-order valence-corrected chi connectivity index (χ1v) is 8.29. The van der Waals surface area contributed by atoms with Crippen molar-refractivity contribution in [3.8, 4) is 0 Å². The van der Waals surface area contributed by atoms with Gasteiger partial charge in [-0.25, -0.2) is 4.79 Å². The van der Waals surface area contributed by atoms with Crippen molar-refractivity contribution < 1.29 is 18.7 Å². The van der Waals surface area contributed by atoms with Gasteiger partial charge in [-0.3, -0.25) is 9.69 Å². The SMILES string of the molecule is CCOC(=O)c1oc2ccccc2c1CN1CCC[C@H](C(N)=O)C1.